The van der Waals surface area contributed by atoms with Gasteiger partial charge in [-0.3, -0.25) is 9.59 Å². The minimum atomic E-state index is -3.74. The molecule has 0 spiro atoms. The molecule has 3 aromatic rings. The van der Waals surface area contributed by atoms with Gasteiger partial charge in [0.05, 0.1) is 15.5 Å². The quantitative estimate of drug-likeness (QED) is 0.346. The lowest BCUT2D eigenvalue weighted by Crippen LogP contribution is -2.32. The van der Waals surface area contributed by atoms with E-state index in [0.717, 1.165) is 31.2 Å². The summed E-state index contributed by atoms with van der Waals surface area (Å²) in [5.41, 5.74) is 2.62. The lowest BCUT2D eigenvalue weighted by atomic mass is 9.87. The third-order valence-electron chi connectivity index (χ3n) is 6.78. The van der Waals surface area contributed by atoms with Gasteiger partial charge in [0.1, 0.15) is 0 Å². The van der Waals surface area contributed by atoms with Gasteiger partial charge in [0.15, 0.2) is 0 Å². The van der Waals surface area contributed by atoms with Crippen molar-refractivity contribution in [3.8, 4) is 0 Å². The van der Waals surface area contributed by atoms with Gasteiger partial charge < -0.3 is 10.6 Å². The molecule has 4 rings (SSSR count). The van der Waals surface area contributed by atoms with Crippen LogP contribution in [0.5, 0.6) is 0 Å². The maximum atomic E-state index is 13.2. The molecular weight excluding hydrogens is 534 g/mol. The summed E-state index contributed by atoms with van der Waals surface area (Å²) in [7, 11) is -3.74. The largest absolute Gasteiger partial charge is 0.322 e. The van der Waals surface area contributed by atoms with Gasteiger partial charge in [0, 0.05) is 30.0 Å². The Balaban J connectivity index is 1.48. The van der Waals surface area contributed by atoms with E-state index in [1.807, 2.05) is 12.1 Å². The van der Waals surface area contributed by atoms with Crippen LogP contribution in [0, 0.1) is 0 Å². The summed E-state index contributed by atoms with van der Waals surface area (Å²) >= 11 is 6.30. The van der Waals surface area contributed by atoms with E-state index >= 15 is 0 Å². The number of nitrogens with one attached hydrogen (secondary N) is 2. The highest BCUT2D eigenvalue weighted by Crippen LogP contribution is 2.27. The molecule has 3 aromatic carbocycles. The summed E-state index contributed by atoms with van der Waals surface area (Å²) in [6, 6.07) is 18.4. The third-order valence-corrected chi connectivity index (χ3v) is 9.00. The maximum Gasteiger partial charge on any atom is 0.257 e. The minimum absolute atomic E-state index is 0.0128. The first-order chi connectivity index (χ1) is 18.4. The van der Waals surface area contributed by atoms with Crippen molar-refractivity contribution in [3.05, 3.63) is 88.4 Å². The number of hydrogen-bond acceptors (Lipinski definition) is 4. The number of carbonyl (C=O) groups is 2. The Hall–Kier alpha value is -3.20. The Kier molecular flexibility index (Phi) is 8.79. The molecule has 7 nitrogen and oxygen atoms in total. The minimum Gasteiger partial charge on any atom is -0.322 e. The van der Waals surface area contributed by atoms with Crippen LogP contribution in [-0.2, 0) is 15.4 Å². The number of nitrogens with zero attached hydrogens (tertiary/aromatic N) is 1. The number of rotatable bonds is 6. The summed E-state index contributed by atoms with van der Waals surface area (Å²) in [5, 5.41) is 5.76. The van der Waals surface area contributed by atoms with Crippen LogP contribution in [0.25, 0.3) is 0 Å². The molecule has 0 aliphatic carbocycles. The third kappa shape index (κ3) is 7.06. The van der Waals surface area contributed by atoms with Gasteiger partial charge in [-0.1, -0.05) is 63.4 Å². The fraction of sp³-hybridized carbons (Fsp3) is 0.333. The highest BCUT2D eigenvalue weighted by atomic mass is 35.5. The summed E-state index contributed by atoms with van der Waals surface area (Å²) in [6.45, 7) is 7.26. The number of carbonyl (C=O) groups excluding carboxylic acids is 2. The van der Waals surface area contributed by atoms with Crippen LogP contribution in [0.15, 0.2) is 71.6 Å². The van der Waals surface area contributed by atoms with Gasteiger partial charge in [0.25, 0.3) is 11.8 Å². The molecule has 2 amide bonds. The molecule has 2 N–H and O–H groups in total. The number of sulfonamides is 1. The van der Waals surface area contributed by atoms with Crippen molar-refractivity contribution in [2.24, 2.45) is 0 Å². The van der Waals surface area contributed by atoms with Crippen LogP contribution in [0.3, 0.4) is 0 Å². The molecule has 0 saturated carbocycles. The zero-order valence-electron chi connectivity index (χ0n) is 22.5. The lowest BCUT2D eigenvalue weighted by molar-refractivity contribution is 0.101. The highest BCUT2D eigenvalue weighted by Gasteiger charge is 2.27. The average molecular weight is 568 g/mol. The van der Waals surface area contributed by atoms with Crippen molar-refractivity contribution in [2.75, 3.05) is 23.7 Å². The summed E-state index contributed by atoms with van der Waals surface area (Å²) in [4.78, 5) is 25.9. The Bertz CT molecular complexity index is 1460. The van der Waals surface area contributed by atoms with Gasteiger partial charge >= 0.3 is 0 Å². The Labute approximate surface area is 235 Å². The normalized spacial score (nSPS) is 14.9. The Morgan fingerprint density at radius 2 is 1.38 bits per heavy atom. The van der Waals surface area contributed by atoms with Gasteiger partial charge in [-0.15, -0.1) is 0 Å². The zero-order valence-corrected chi connectivity index (χ0v) is 24.0. The number of hydrogen-bond donors (Lipinski definition) is 2. The molecule has 0 bridgehead atoms. The summed E-state index contributed by atoms with van der Waals surface area (Å²) in [6.07, 6.45) is 3.64. The smallest absolute Gasteiger partial charge is 0.257 e. The zero-order chi connectivity index (χ0) is 28.2. The molecule has 1 aliphatic rings. The molecule has 9 heteroatoms. The number of halogens is 1. The first-order valence-corrected chi connectivity index (χ1v) is 14.9. The molecule has 1 aliphatic heterocycles. The molecule has 0 unspecified atom stereocenters. The molecular formula is C30H34ClN3O4S. The summed E-state index contributed by atoms with van der Waals surface area (Å²) in [5.74, 6) is -0.817. The standard InChI is InChI=1S/C30H34ClN3O4S/c1-30(2,3)22-13-11-21(12-14-22)28(35)32-23-9-8-10-24(19-23)33-29(36)26-20-25(15-16-27(26)31)39(37,38)34-17-6-4-5-7-18-34/h8-16,19-20H,4-7,17-18H2,1-3H3,(H,32,35)(H,33,36). The van der Waals surface area contributed by atoms with Crippen LogP contribution < -0.4 is 10.6 Å². The average Bonchev–Trinajstić information content (AvgIpc) is 3.19. The Morgan fingerprint density at radius 3 is 1.97 bits per heavy atom. The van der Waals surface area contributed by atoms with Crippen molar-refractivity contribution in [3.63, 3.8) is 0 Å². The predicted molar refractivity (Wildman–Crippen MR) is 156 cm³/mol. The monoisotopic (exact) mass is 567 g/mol. The van der Waals surface area contributed by atoms with Gasteiger partial charge in [0.2, 0.25) is 10.0 Å². The number of anilines is 2. The van der Waals surface area contributed by atoms with Crippen molar-refractivity contribution in [1.29, 1.82) is 0 Å². The van der Waals surface area contributed by atoms with Crippen LogP contribution in [0.4, 0.5) is 11.4 Å². The second kappa shape index (κ2) is 11.9. The molecule has 39 heavy (non-hydrogen) atoms. The Morgan fingerprint density at radius 1 is 0.795 bits per heavy atom. The van der Waals surface area contributed by atoms with E-state index in [4.69, 9.17) is 11.6 Å². The predicted octanol–water partition coefficient (Wildman–Crippen LogP) is 6.71. The van der Waals surface area contributed by atoms with E-state index in [0.29, 0.717) is 30.0 Å². The SMILES string of the molecule is CC(C)(C)c1ccc(C(=O)Nc2cccc(NC(=O)c3cc(S(=O)(=O)N4CCCCCC4)ccc3Cl)c2)cc1. The van der Waals surface area contributed by atoms with E-state index < -0.39 is 15.9 Å². The van der Waals surface area contributed by atoms with E-state index in [2.05, 4.69) is 31.4 Å². The van der Waals surface area contributed by atoms with Gasteiger partial charge in [-0.25, -0.2) is 8.42 Å². The van der Waals surface area contributed by atoms with E-state index in [-0.39, 0.29) is 26.8 Å². The molecule has 0 atom stereocenters. The summed E-state index contributed by atoms with van der Waals surface area (Å²) < 4.78 is 27.9. The second-order valence-electron chi connectivity index (χ2n) is 10.8. The van der Waals surface area contributed by atoms with Crippen LogP contribution in [0.1, 0.15) is 72.7 Å². The van der Waals surface area contributed by atoms with Crippen molar-refractivity contribution >= 4 is 44.8 Å². The first-order valence-electron chi connectivity index (χ1n) is 13.1. The van der Waals surface area contributed by atoms with Gasteiger partial charge in [-0.2, -0.15) is 4.31 Å². The fourth-order valence-electron chi connectivity index (χ4n) is 4.47. The number of amides is 2. The van der Waals surface area contributed by atoms with E-state index in [1.165, 1.54) is 22.5 Å². The fourth-order valence-corrected chi connectivity index (χ4v) is 6.22. The van der Waals surface area contributed by atoms with Crippen molar-refractivity contribution in [2.45, 2.75) is 56.8 Å². The van der Waals surface area contributed by atoms with Crippen molar-refractivity contribution in [1.82, 2.24) is 4.31 Å². The van der Waals surface area contributed by atoms with Crippen LogP contribution in [0.2, 0.25) is 5.02 Å². The number of benzene rings is 3. The molecule has 1 heterocycles. The second-order valence-corrected chi connectivity index (χ2v) is 13.1. The van der Waals surface area contributed by atoms with Gasteiger partial charge in [-0.05, 0) is 72.4 Å². The van der Waals surface area contributed by atoms with E-state index in [1.54, 1.807) is 36.4 Å². The van der Waals surface area contributed by atoms with Crippen LogP contribution in [-0.4, -0.2) is 37.6 Å². The topological polar surface area (TPSA) is 95.6 Å². The maximum absolute atomic E-state index is 13.2. The molecule has 206 valence electrons. The highest BCUT2D eigenvalue weighted by molar-refractivity contribution is 7.89. The lowest BCUT2D eigenvalue weighted by Gasteiger charge is -2.20. The molecule has 1 fully saturated rings. The van der Waals surface area contributed by atoms with Crippen molar-refractivity contribution < 1.29 is 18.0 Å². The van der Waals surface area contributed by atoms with E-state index in [9.17, 15) is 18.0 Å². The van der Waals surface area contributed by atoms with Crippen LogP contribution >= 0.6 is 11.6 Å². The molecule has 0 radical (unpaired) electrons. The molecule has 1 saturated heterocycles. The molecule has 0 aromatic heterocycles. The first kappa shape index (κ1) is 28.8.